The van der Waals surface area contributed by atoms with Crippen LogP contribution in [-0.2, 0) is 6.61 Å². The van der Waals surface area contributed by atoms with Crippen molar-refractivity contribution in [2.24, 2.45) is 0 Å². The number of ether oxygens (including phenoxy) is 1. The van der Waals surface area contributed by atoms with Crippen LogP contribution >= 0.6 is 15.9 Å². The van der Waals surface area contributed by atoms with Gasteiger partial charge in [0.2, 0.25) is 0 Å². The maximum absolute atomic E-state index is 5.44. The van der Waals surface area contributed by atoms with Crippen molar-refractivity contribution >= 4 is 15.9 Å². The molecule has 15 heavy (non-hydrogen) atoms. The topological polar surface area (TPSA) is 47.9 Å². The molecule has 0 aliphatic rings. The maximum Gasteiger partial charge on any atom is 0.166 e. The number of aromatic nitrogens is 3. The molecule has 0 unspecified atom stereocenters. The van der Waals surface area contributed by atoms with Crippen LogP contribution in [0.15, 0.2) is 41.4 Å². The molecule has 2 aromatic rings. The van der Waals surface area contributed by atoms with Crippen LogP contribution < -0.4 is 4.74 Å². The average molecular weight is 266 g/mol. The summed E-state index contributed by atoms with van der Waals surface area (Å²) in [6.45, 7) is 0.351. The highest BCUT2D eigenvalue weighted by Crippen LogP contribution is 2.13. The molecule has 0 aliphatic carbocycles. The standard InChI is InChI=1S/C10H8BrN3O/c11-9-3-2-8(6-14-9)15-7-10-12-4-1-5-13-10/h1-6H,7H2. The first-order valence-corrected chi connectivity index (χ1v) is 5.14. The molecular formula is C10H8BrN3O. The summed E-state index contributed by atoms with van der Waals surface area (Å²) in [5.74, 6) is 1.35. The summed E-state index contributed by atoms with van der Waals surface area (Å²) in [5.41, 5.74) is 0. The Labute approximate surface area is 95.5 Å². The first-order chi connectivity index (χ1) is 7.34. The molecule has 76 valence electrons. The van der Waals surface area contributed by atoms with E-state index in [9.17, 15) is 0 Å². The van der Waals surface area contributed by atoms with Gasteiger partial charge < -0.3 is 4.74 Å². The molecule has 4 nitrogen and oxygen atoms in total. The molecule has 0 fully saturated rings. The molecule has 0 aliphatic heterocycles. The molecule has 0 spiro atoms. The van der Waals surface area contributed by atoms with E-state index < -0.39 is 0 Å². The van der Waals surface area contributed by atoms with Gasteiger partial charge in [-0.2, -0.15) is 0 Å². The fourth-order valence-electron chi connectivity index (χ4n) is 1.00. The molecular weight excluding hydrogens is 258 g/mol. The van der Waals surface area contributed by atoms with Crippen molar-refractivity contribution in [3.05, 3.63) is 47.2 Å². The van der Waals surface area contributed by atoms with Crippen LogP contribution in [0.3, 0.4) is 0 Å². The van der Waals surface area contributed by atoms with E-state index in [-0.39, 0.29) is 0 Å². The Hall–Kier alpha value is -1.49. The maximum atomic E-state index is 5.44. The monoisotopic (exact) mass is 265 g/mol. The fourth-order valence-corrected chi connectivity index (χ4v) is 1.23. The van der Waals surface area contributed by atoms with Gasteiger partial charge in [0.25, 0.3) is 0 Å². The Morgan fingerprint density at radius 3 is 2.60 bits per heavy atom. The molecule has 0 bridgehead atoms. The summed E-state index contributed by atoms with van der Waals surface area (Å²) < 4.78 is 6.22. The lowest BCUT2D eigenvalue weighted by Crippen LogP contribution is -2.00. The van der Waals surface area contributed by atoms with Crippen LogP contribution in [-0.4, -0.2) is 15.0 Å². The predicted molar refractivity (Wildman–Crippen MR) is 58.3 cm³/mol. The van der Waals surface area contributed by atoms with E-state index in [2.05, 4.69) is 30.9 Å². The lowest BCUT2D eigenvalue weighted by molar-refractivity contribution is 0.294. The number of rotatable bonds is 3. The third-order valence-corrected chi connectivity index (χ3v) is 2.16. The van der Waals surface area contributed by atoms with E-state index >= 15 is 0 Å². The Kier molecular flexibility index (Phi) is 3.24. The van der Waals surface area contributed by atoms with Gasteiger partial charge in [-0.05, 0) is 34.1 Å². The van der Waals surface area contributed by atoms with Gasteiger partial charge in [0, 0.05) is 12.4 Å². The summed E-state index contributed by atoms with van der Waals surface area (Å²) in [7, 11) is 0. The lowest BCUT2D eigenvalue weighted by Gasteiger charge is -2.03. The lowest BCUT2D eigenvalue weighted by atomic mass is 10.5. The molecule has 2 rings (SSSR count). The van der Waals surface area contributed by atoms with Crippen molar-refractivity contribution in [3.63, 3.8) is 0 Å². The quantitative estimate of drug-likeness (QED) is 0.799. The first-order valence-electron chi connectivity index (χ1n) is 4.35. The van der Waals surface area contributed by atoms with Gasteiger partial charge >= 0.3 is 0 Å². The Bertz CT molecular complexity index is 418. The molecule has 0 saturated heterocycles. The highest BCUT2D eigenvalue weighted by Gasteiger charge is 1.97. The highest BCUT2D eigenvalue weighted by molar-refractivity contribution is 9.10. The van der Waals surface area contributed by atoms with E-state index in [1.54, 1.807) is 24.7 Å². The van der Waals surface area contributed by atoms with Crippen LogP contribution in [0.5, 0.6) is 5.75 Å². The molecule has 0 radical (unpaired) electrons. The Morgan fingerprint density at radius 2 is 1.93 bits per heavy atom. The minimum absolute atomic E-state index is 0.351. The Morgan fingerprint density at radius 1 is 1.13 bits per heavy atom. The third-order valence-electron chi connectivity index (χ3n) is 1.69. The molecule has 2 aromatic heterocycles. The van der Waals surface area contributed by atoms with Crippen molar-refractivity contribution in [2.75, 3.05) is 0 Å². The van der Waals surface area contributed by atoms with E-state index in [1.165, 1.54) is 0 Å². The van der Waals surface area contributed by atoms with Crippen LogP contribution in [0.1, 0.15) is 5.82 Å². The normalized spacial score (nSPS) is 9.93. The molecule has 0 amide bonds. The predicted octanol–water partition coefficient (Wildman–Crippen LogP) is 2.21. The van der Waals surface area contributed by atoms with E-state index in [1.807, 2.05) is 12.1 Å². The van der Waals surface area contributed by atoms with Crippen molar-refractivity contribution < 1.29 is 4.74 Å². The molecule has 0 N–H and O–H groups in total. The van der Waals surface area contributed by atoms with Crippen LogP contribution in [0.2, 0.25) is 0 Å². The van der Waals surface area contributed by atoms with E-state index in [0.717, 1.165) is 4.60 Å². The van der Waals surface area contributed by atoms with Crippen molar-refractivity contribution in [1.82, 2.24) is 15.0 Å². The summed E-state index contributed by atoms with van der Waals surface area (Å²) >= 11 is 3.25. The highest BCUT2D eigenvalue weighted by atomic mass is 79.9. The van der Waals surface area contributed by atoms with Crippen molar-refractivity contribution in [1.29, 1.82) is 0 Å². The summed E-state index contributed by atoms with van der Waals surface area (Å²) in [5, 5.41) is 0. The third kappa shape index (κ3) is 2.99. The molecule has 5 heteroatoms. The fraction of sp³-hybridized carbons (Fsp3) is 0.100. The van der Waals surface area contributed by atoms with E-state index in [4.69, 9.17) is 4.74 Å². The van der Waals surface area contributed by atoms with Crippen molar-refractivity contribution in [3.8, 4) is 5.75 Å². The molecule has 0 saturated carbocycles. The van der Waals surface area contributed by atoms with Gasteiger partial charge in [-0.1, -0.05) is 0 Å². The smallest absolute Gasteiger partial charge is 0.166 e. The van der Waals surface area contributed by atoms with Gasteiger partial charge in [-0.3, -0.25) is 0 Å². The minimum Gasteiger partial charge on any atom is -0.484 e. The summed E-state index contributed by atoms with van der Waals surface area (Å²) in [4.78, 5) is 12.1. The zero-order valence-electron chi connectivity index (χ0n) is 7.80. The summed E-state index contributed by atoms with van der Waals surface area (Å²) in [6, 6.07) is 5.42. The van der Waals surface area contributed by atoms with Gasteiger partial charge in [-0.15, -0.1) is 0 Å². The van der Waals surface area contributed by atoms with E-state index in [0.29, 0.717) is 18.2 Å². The summed E-state index contributed by atoms with van der Waals surface area (Å²) in [6.07, 6.45) is 5.02. The second kappa shape index (κ2) is 4.84. The number of halogens is 1. The van der Waals surface area contributed by atoms with Crippen LogP contribution in [0.4, 0.5) is 0 Å². The zero-order chi connectivity index (χ0) is 10.5. The largest absolute Gasteiger partial charge is 0.484 e. The number of hydrogen-bond acceptors (Lipinski definition) is 4. The first kappa shape index (κ1) is 10.0. The van der Waals surface area contributed by atoms with Gasteiger partial charge in [0.1, 0.15) is 17.0 Å². The molecule has 0 aromatic carbocycles. The number of nitrogens with zero attached hydrogens (tertiary/aromatic N) is 3. The zero-order valence-corrected chi connectivity index (χ0v) is 9.39. The second-order valence-corrected chi connectivity index (χ2v) is 3.58. The molecule has 2 heterocycles. The van der Waals surface area contributed by atoms with Crippen LogP contribution in [0, 0.1) is 0 Å². The Balaban J connectivity index is 1.96. The van der Waals surface area contributed by atoms with Gasteiger partial charge in [0.05, 0.1) is 6.20 Å². The van der Waals surface area contributed by atoms with Gasteiger partial charge in [0.15, 0.2) is 5.82 Å². The molecule has 0 atom stereocenters. The second-order valence-electron chi connectivity index (χ2n) is 2.77. The number of pyridine rings is 1. The van der Waals surface area contributed by atoms with Gasteiger partial charge in [-0.25, -0.2) is 15.0 Å². The average Bonchev–Trinajstić information content (AvgIpc) is 2.30. The minimum atomic E-state index is 0.351. The SMILES string of the molecule is Brc1ccc(OCc2ncccn2)cn1. The van der Waals surface area contributed by atoms with Crippen molar-refractivity contribution in [2.45, 2.75) is 6.61 Å². The van der Waals surface area contributed by atoms with Crippen LogP contribution in [0.25, 0.3) is 0 Å². The number of hydrogen-bond donors (Lipinski definition) is 0.